The van der Waals surface area contributed by atoms with E-state index >= 15 is 0 Å². The molecule has 1 heterocycles. The summed E-state index contributed by atoms with van der Waals surface area (Å²) in [4.78, 5) is 18.9. The Morgan fingerprint density at radius 3 is 2.75 bits per heavy atom. The lowest BCUT2D eigenvalue weighted by Gasteiger charge is -2.28. The molecule has 2 rings (SSSR count). The Morgan fingerprint density at radius 1 is 1.45 bits per heavy atom. The van der Waals surface area contributed by atoms with E-state index in [1.165, 1.54) is 12.8 Å². The van der Waals surface area contributed by atoms with Gasteiger partial charge in [0, 0.05) is 25.3 Å². The second-order valence-corrected chi connectivity index (χ2v) is 5.52. The van der Waals surface area contributed by atoms with Gasteiger partial charge in [-0.2, -0.15) is 0 Å². The monoisotopic (exact) mass is 295 g/mol. The second kappa shape index (κ2) is 6.93. The van der Waals surface area contributed by atoms with Gasteiger partial charge >= 0.3 is 0 Å². The quantitative estimate of drug-likeness (QED) is 0.903. The first-order valence-electron chi connectivity index (χ1n) is 7.37. The Morgan fingerprint density at radius 2 is 2.15 bits per heavy atom. The van der Waals surface area contributed by atoms with Crippen LogP contribution in [0.4, 0.5) is 5.82 Å². The van der Waals surface area contributed by atoms with E-state index < -0.39 is 0 Å². The molecule has 0 spiro atoms. The molecule has 1 amide bonds. The van der Waals surface area contributed by atoms with Crippen molar-refractivity contribution in [1.29, 1.82) is 0 Å². The first-order chi connectivity index (χ1) is 9.67. The molecule has 0 aromatic carbocycles. The molecule has 1 fully saturated rings. The zero-order valence-electron chi connectivity index (χ0n) is 12.2. The molecule has 0 aliphatic heterocycles. The van der Waals surface area contributed by atoms with Gasteiger partial charge in [-0.3, -0.25) is 4.79 Å². The predicted molar refractivity (Wildman–Crippen MR) is 82.4 cm³/mol. The number of nitrogens with one attached hydrogen (secondary N) is 1. The van der Waals surface area contributed by atoms with Crippen molar-refractivity contribution in [2.45, 2.75) is 45.6 Å². The van der Waals surface area contributed by atoms with Gasteiger partial charge in [-0.25, -0.2) is 4.98 Å². The Kier molecular flexibility index (Phi) is 5.24. The first kappa shape index (κ1) is 15.1. The number of aromatic nitrogens is 1. The second-order valence-electron chi connectivity index (χ2n) is 5.11. The van der Waals surface area contributed by atoms with E-state index in [1.54, 1.807) is 12.3 Å². The molecule has 0 bridgehead atoms. The maximum atomic E-state index is 12.7. The van der Waals surface area contributed by atoms with Gasteiger partial charge in [0.05, 0.1) is 10.6 Å². The van der Waals surface area contributed by atoms with Crippen molar-refractivity contribution in [2.75, 3.05) is 18.4 Å². The third-order valence-electron chi connectivity index (χ3n) is 3.81. The highest BCUT2D eigenvalue weighted by atomic mass is 35.5. The van der Waals surface area contributed by atoms with Crippen molar-refractivity contribution in [3.8, 4) is 0 Å². The number of carbonyl (C=O) groups is 1. The summed E-state index contributed by atoms with van der Waals surface area (Å²) in [5, 5.41) is 3.54. The van der Waals surface area contributed by atoms with Crippen LogP contribution in [0.3, 0.4) is 0 Å². The molecule has 4 nitrogen and oxygen atoms in total. The molecule has 110 valence electrons. The third kappa shape index (κ3) is 3.23. The molecule has 0 unspecified atom stereocenters. The molecule has 1 aliphatic carbocycles. The van der Waals surface area contributed by atoms with Crippen molar-refractivity contribution in [3.05, 3.63) is 22.8 Å². The fraction of sp³-hybridized carbons (Fsp3) is 0.600. The molecule has 1 aromatic heterocycles. The molecule has 1 aromatic rings. The van der Waals surface area contributed by atoms with E-state index in [9.17, 15) is 4.79 Å². The van der Waals surface area contributed by atoms with Crippen molar-refractivity contribution < 1.29 is 4.79 Å². The Labute approximate surface area is 125 Å². The van der Waals surface area contributed by atoms with E-state index in [0.717, 1.165) is 25.9 Å². The summed E-state index contributed by atoms with van der Waals surface area (Å²) in [5.41, 5.74) is 0.548. The standard InChI is InChI=1S/C15H22ClN3O/c1-3-17-14-9-12(13(16)10-18-14)15(20)19(4-2)11-7-5-6-8-11/h9-11H,3-8H2,1-2H3,(H,17,18). The van der Waals surface area contributed by atoms with Gasteiger partial charge < -0.3 is 10.2 Å². The number of nitrogens with zero attached hydrogens (tertiary/aromatic N) is 2. The van der Waals surface area contributed by atoms with Crippen molar-refractivity contribution >= 4 is 23.3 Å². The van der Waals surface area contributed by atoms with Crippen molar-refractivity contribution in [2.24, 2.45) is 0 Å². The average Bonchev–Trinajstić information content (AvgIpc) is 2.96. The number of amides is 1. The first-order valence-corrected chi connectivity index (χ1v) is 7.75. The smallest absolute Gasteiger partial charge is 0.255 e. The third-order valence-corrected chi connectivity index (χ3v) is 4.11. The van der Waals surface area contributed by atoms with E-state index in [4.69, 9.17) is 11.6 Å². The summed E-state index contributed by atoms with van der Waals surface area (Å²) in [6.07, 6.45) is 6.17. The number of carbonyl (C=O) groups excluding carboxylic acids is 1. The van der Waals surface area contributed by atoms with Crippen LogP contribution in [0.15, 0.2) is 12.3 Å². The lowest BCUT2D eigenvalue weighted by Crippen LogP contribution is -2.38. The summed E-state index contributed by atoms with van der Waals surface area (Å²) in [6, 6.07) is 2.12. The van der Waals surface area contributed by atoms with Gasteiger partial charge in [0.15, 0.2) is 0 Å². The highest BCUT2D eigenvalue weighted by Gasteiger charge is 2.27. The van der Waals surface area contributed by atoms with Gasteiger partial charge in [0.25, 0.3) is 5.91 Å². The van der Waals surface area contributed by atoms with Gasteiger partial charge in [0.1, 0.15) is 5.82 Å². The van der Waals surface area contributed by atoms with Crippen LogP contribution < -0.4 is 5.32 Å². The Balaban J connectivity index is 2.23. The van der Waals surface area contributed by atoms with E-state index in [1.807, 2.05) is 18.7 Å². The highest BCUT2D eigenvalue weighted by Crippen LogP contribution is 2.27. The van der Waals surface area contributed by atoms with Crippen LogP contribution in [-0.4, -0.2) is 34.9 Å². The molecule has 1 N–H and O–H groups in total. The van der Waals surface area contributed by atoms with E-state index in [-0.39, 0.29) is 5.91 Å². The molecular weight excluding hydrogens is 274 g/mol. The lowest BCUT2D eigenvalue weighted by molar-refractivity contribution is 0.0693. The Bertz CT molecular complexity index is 472. The minimum absolute atomic E-state index is 0.0194. The zero-order chi connectivity index (χ0) is 14.5. The van der Waals surface area contributed by atoms with Crippen molar-refractivity contribution in [3.63, 3.8) is 0 Å². The van der Waals surface area contributed by atoms with Crippen LogP contribution >= 0.6 is 11.6 Å². The van der Waals surface area contributed by atoms with Crippen LogP contribution in [-0.2, 0) is 0 Å². The van der Waals surface area contributed by atoms with Gasteiger partial charge in [-0.05, 0) is 32.8 Å². The summed E-state index contributed by atoms with van der Waals surface area (Å²) in [7, 11) is 0. The molecule has 0 saturated heterocycles. The minimum Gasteiger partial charge on any atom is -0.370 e. The van der Waals surface area contributed by atoms with Crippen LogP contribution in [0, 0.1) is 0 Å². The maximum absolute atomic E-state index is 12.7. The fourth-order valence-electron chi connectivity index (χ4n) is 2.82. The maximum Gasteiger partial charge on any atom is 0.255 e. The minimum atomic E-state index is 0.0194. The SMILES string of the molecule is CCNc1cc(C(=O)N(CC)C2CCCC2)c(Cl)cn1. The number of anilines is 1. The van der Waals surface area contributed by atoms with Crippen LogP contribution in [0.5, 0.6) is 0 Å². The normalized spacial score (nSPS) is 15.3. The fourth-order valence-corrected chi connectivity index (χ4v) is 3.00. The molecule has 0 atom stereocenters. The van der Waals surface area contributed by atoms with E-state index in [2.05, 4.69) is 10.3 Å². The average molecular weight is 296 g/mol. The topological polar surface area (TPSA) is 45.2 Å². The summed E-state index contributed by atoms with van der Waals surface area (Å²) < 4.78 is 0. The largest absolute Gasteiger partial charge is 0.370 e. The van der Waals surface area contributed by atoms with Gasteiger partial charge in [-0.1, -0.05) is 24.4 Å². The number of rotatable bonds is 5. The lowest BCUT2D eigenvalue weighted by atomic mass is 10.1. The summed E-state index contributed by atoms with van der Waals surface area (Å²) in [6.45, 7) is 5.51. The Hall–Kier alpha value is -1.29. The molecule has 5 heteroatoms. The molecule has 1 aliphatic rings. The van der Waals surface area contributed by atoms with Gasteiger partial charge in [0.2, 0.25) is 0 Å². The zero-order valence-corrected chi connectivity index (χ0v) is 12.9. The molecule has 20 heavy (non-hydrogen) atoms. The van der Waals surface area contributed by atoms with E-state index in [0.29, 0.717) is 22.4 Å². The number of halogens is 1. The molecule has 1 saturated carbocycles. The number of hydrogen-bond donors (Lipinski definition) is 1. The molecular formula is C15H22ClN3O. The highest BCUT2D eigenvalue weighted by molar-refractivity contribution is 6.33. The van der Waals surface area contributed by atoms with Crippen molar-refractivity contribution in [1.82, 2.24) is 9.88 Å². The molecule has 0 radical (unpaired) electrons. The predicted octanol–water partition coefficient (Wildman–Crippen LogP) is 3.57. The summed E-state index contributed by atoms with van der Waals surface area (Å²) >= 11 is 6.16. The van der Waals surface area contributed by atoms with Crippen LogP contribution in [0.2, 0.25) is 5.02 Å². The van der Waals surface area contributed by atoms with Crippen LogP contribution in [0.25, 0.3) is 0 Å². The number of hydrogen-bond acceptors (Lipinski definition) is 3. The van der Waals surface area contributed by atoms with Gasteiger partial charge in [-0.15, -0.1) is 0 Å². The number of pyridine rings is 1. The van der Waals surface area contributed by atoms with Crippen LogP contribution in [0.1, 0.15) is 49.9 Å². The summed E-state index contributed by atoms with van der Waals surface area (Å²) in [5.74, 6) is 0.716.